The van der Waals surface area contributed by atoms with E-state index in [0.717, 1.165) is 35.5 Å². The fourth-order valence-electron chi connectivity index (χ4n) is 4.14. The molecule has 36 heavy (non-hydrogen) atoms. The maximum absolute atomic E-state index is 6.28. The molecule has 0 saturated carbocycles. The highest BCUT2D eigenvalue weighted by Gasteiger charge is 2.09. The lowest BCUT2D eigenvalue weighted by Crippen LogP contribution is -1.95. The number of hydrogen-bond acceptors (Lipinski definition) is 4. The number of nitrogens with two attached hydrogens (primary N) is 2. The Morgan fingerprint density at radius 3 is 1.67 bits per heavy atom. The van der Waals surface area contributed by atoms with Crippen LogP contribution in [0.4, 0.5) is 11.4 Å². The van der Waals surface area contributed by atoms with Gasteiger partial charge >= 0.3 is 0 Å². The van der Waals surface area contributed by atoms with Gasteiger partial charge in [-0.1, -0.05) is 78.4 Å². The van der Waals surface area contributed by atoms with Gasteiger partial charge in [0.25, 0.3) is 0 Å². The van der Waals surface area contributed by atoms with Crippen molar-refractivity contribution in [3.63, 3.8) is 0 Å². The molecule has 0 aliphatic heterocycles. The predicted octanol–water partition coefficient (Wildman–Crippen LogP) is 8.25. The van der Waals surface area contributed by atoms with Crippen LogP contribution in [0, 0.1) is 0 Å². The third kappa shape index (κ3) is 5.86. The SMILES string of the molecule is Nc1cc(C=C2C=CCC(=Cc3ccc(Oc4ccccc4)c(N)c3)C2)ccc1Oc1ccccc1. The number of anilines is 2. The maximum Gasteiger partial charge on any atom is 0.150 e. The zero-order valence-corrected chi connectivity index (χ0v) is 19.9. The van der Waals surface area contributed by atoms with Crippen LogP contribution in [0.1, 0.15) is 24.0 Å². The molecule has 0 spiro atoms. The quantitative estimate of drug-likeness (QED) is 0.277. The first-order valence-electron chi connectivity index (χ1n) is 11.9. The van der Waals surface area contributed by atoms with Crippen molar-refractivity contribution in [2.75, 3.05) is 11.5 Å². The van der Waals surface area contributed by atoms with Gasteiger partial charge in [0.15, 0.2) is 0 Å². The van der Waals surface area contributed by atoms with Crippen LogP contribution in [-0.4, -0.2) is 0 Å². The van der Waals surface area contributed by atoms with E-state index < -0.39 is 0 Å². The molecule has 0 fully saturated rings. The zero-order valence-electron chi connectivity index (χ0n) is 19.9. The number of hydrogen-bond donors (Lipinski definition) is 2. The Kier molecular flexibility index (Phi) is 6.86. The van der Waals surface area contributed by atoms with Crippen LogP contribution >= 0.6 is 0 Å². The summed E-state index contributed by atoms with van der Waals surface area (Å²) in [6.45, 7) is 0. The van der Waals surface area contributed by atoms with E-state index in [-0.39, 0.29) is 0 Å². The van der Waals surface area contributed by atoms with E-state index in [9.17, 15) is 0 Å². The number of ether oxygens (including phenoxy) is 2. The van der Waals surface area contributed by atoms with Crippen LogP contribution in [0.3, 0.4) is 0 Å². The van der Waals surface area contributed by atoms with Crippen molar-refractivity contribution in [2.24, 2.45) is 0 Å². The summed E-state index contributed by atoms with van der Waals surface area (Å²) in [5, 5.41) is 0. The Morgan fingerprint density at radius 1 is 0.611 bits per heavy atom. The lowest BCUT2D eigenvalue weighted by atomic mass is 9.93. The van der Waals surface area contributed by atoms with Gasteiger partial charge in [-0.05, 0) is 78.1 Å². The van der Waals surface area contributed by atoms with Crippen molar-refractivity contribution >= 4 is 23.5 Å². The number of nitrogen functional groups attached to an aromatic ring is 2. The molecule has 1 aliphatic carbocycles. The molecule has 0 unspecified atom stereocenters. The molecule has 4 heteroatoms. The molecule has 178 valence electrons. The van der Waals surface area contributed by atoms with Crippen LogP contribution in [-0.2, 0) is 0 Å². The summed E-state index contributed by atoms with van der Waals surface area (Å²) in [7, 11) is 0. The topological polar surface area (TPSA) is 70.5 Å². The van der Waals surface area contributed by atoms with Gasteiger partial charge in [-0.15, -0.1) is 0 Å². The van der Waals surface area contributed by atoms with E-state index in [1.54, 1.807) is 0 Å². The summed E-state index contributed by atoms with van der Waals surface area (Å²) in [6, 6.07) is 31.1. The smallest absolute Gasteiger partial charge is 0.150 e. The monoisotopic (exact) mass is 472 g/mol. The van der Waals surface area contributed by atoms with Crippen molar-refractivity contribution in [3.8, 4) is 23.0 Å². The molecule has 4 N–H and O–H groups in total. The van der Waals surface area contributed by atoms with Crippen LogP contribution in [0.15, 0.2) is 120 Å². The third-order valence-corrected chi connectivity index (χ3v) is 5.88. The molecule has 1 aliphatic rings. The van der Waals surface area contributed by atoms with Gasteiger partial charge < -0.3 is 20.9 Å². The Balaban J connectivity index is 1.28. The molecule has 4 nitrogen and oxygen atoms in total. The van der Waals surface area contributed by atoms with Crippen molar-refractivity contribution in [1.29, 1.82) is 0 Å². The van der Waals surface area contributed by atoms with Crippen molar-refractivity contribution < 1.29 is 9.47 Å². The third-order valence-electron chi connectivity index (χ3n) is 5.88. The largest absolute Gasteiger partial charge is 0.455 e. The summed E-state index contributed by atoms with van der Waals surface area (Å²) in [6.07, 6.45) is 10.5. The fraction of sp³-hybridized carbons (Fsp3) is 0.0625. The fourth-order valence-corrected chi connectivity index (χ4v) is 4.14. The van der Waals surface area contributed by atoms with E-state index in [4.69, 9.17) is 20.9 Å². The maximum atomic E-state index is 6.28. The van der Waals surface area contributed by atoms with Crippen molar-refractivity contribution in [1.82, 2.24) is 0 Å². The molecule has 0 bridgehead atoms. The van der Waals surface area contributed by atoms with Gasteiger partial charge in [-0.2, -0.15) is 0 Å². The molecule has 0 amide bonds. The van der Waals surface area contributed by atoms with Crippen molar-refractivity contribution in [3.05, 3.63) is 131 Å². The molecule has 0 aromatic heterocycles. The summed E-state index contributed by atoms with van der Waals surface area (Å²) in [5.74, 6) is 2.84. The summed E-state index contributed by atoms with van der Waals surface area (Å²) in [4.78, 5) is 0. The second-order valence-corrected chi connectivity index (χ2v) is 8.73. The predicted molar refractivity (Wildman–Crippen MR) is 149 cm³/mol. The minimum atomic E-state index is 0.608. The number of benzene rings is 4. The minimum Gasteiger partial charge on any atom is -0.455 e. The van der Waals surface area contributed by atoms with Gasteiger partial charge in [0, 0.05) is 0 Å². The number of allylic oxidation sites excluding steroid dienone is 4. The summed E-state index contributed by atoms with van der Waals surface area (Å²) in [5.41, 5.74) is 18.4. The van der Waals surface area contributed by atoms with E-state index >= 15 is 0 Å². The first kappa shape index (κ1) is 23.1. The molecule has 0 atom stereocenters. The second-order valence-electron chi connectivity index (χ2n) is 8.73. The van der Waals surface area contributed by atoms with E-state index in [1.165, 1.54) is 11.1 Å². The summed E-state index contributed by atoms with van der Waals surface area (Å²) < 4.78 is 11.8. The molecule has 4 aromatic rings. The van der Waals surface area contributed by atoms with Crippen LogP contribution in [0.2, 0.25) is 0 Å². The van der Waals surface area contributed by atoms with E-state index in [2.05, 4.69) is 24.3 Å². The average molecular weight is 473 g/mol. The van der Waals surface area contributed by atoms with Crippen LogP contribution < -0.4 is 20.9 Å². The average Bonchev–Trinajstić information content (AvgIpc) is 2.89. The second kappa shape index (κ2) is 10.7. The Hall–Kier alpha value is -4.70. The van der Waals surface area contributed by atoms with Gasteiger partial charge in [-0.3, -0.25) is 0 Å². The van der Waals surface area contributed by atoms with Gasteiger partial charge in [0.2, 0.25) is 0 Å². The normalized spacial score (nSPS) is 15.2. The minimum absolute atomic E-state index is 0.608. The van der Waals surface area contributed by atoms with E-state index in [1.807, 2.05) is 97.1 Å². The van der Waals surface area contributed by atoms with Crippen LogP contribution in [0.25, 0.3) is 12.2 Å². The molecular weight excluding hydrogens is 444 g/mol. The molecule has 4 aromatic carbocycles. The molecule has 5 rings (SSSR count). The first-order valence-corrected chi connectivity index (χ1v) is 11.9. The Bertz CT molecular complexity index is 1440. The van der Waals surface area contributed by atoms with Gasteiger partial charge in [0.1, 0.15) is 23.0 Å². The highest BCUT2D eigenvalue weighted by Crippen LogP contribution is 2.32. The van der Waals surface area contributed by atoms with Gasteiger partial charge in [-0.25, -0.2) is 0 Å². The molecule has 0 radical (unpaired) electrons. The highest BCUT2D eigenvalue weighted by molar-refractivity contribution is 5.68. The lowest BCUT2D eigenvalue weighted by molar-refractivity contribution is 0.485. The number of rotatable bonds is 6. The summed E-state index contributed by atoms with van der Waals surface area (Å²) >= 11 is 0. The Morgan fingerprint density at radius 2 is 1.14 bits per heavy atom. The standard InChI is InChI=1S/C32H28N2O2/c33-29-21-25(14-16-31(29)35-27-10-3-1-4-11-27)19-23-8-7-9-24(18-23)20-26-15-17-32(30(34)22-26)36-28-12-5-2-6-13-28/h1-8,10-17,19-22H,9,18,33-34H2. The highest BCUT2D eigenvalue weighted by atomic mass is 16.5. The first-order chi connectivity index (χ1) is 17.6. The van der Waals surface area contributed by atoms with Crippen molar-refractivity contribution in [2.45, 2.75) is 12.8 Å². The molecule has 0 heterocycles. The van der Waals surface area contributed by atoms with E-state index in [0.29, 0.717) is 22.9 Å². The number of para-hydroxylation sites is 2. The lowest BCUT2D eigenvalue weighted by Gasteiger charge is -2.14. The van der Waals surface area contributed by atoms with Crippen LogP contribution in [0.5, 0.6) is 23.0 Å². The zero-order chi connectivity index (χ0) is 24.7. The van der Waals surface area contributed by atoms with Gasteiger partial charge in [0.05, 0.1) is 11.4 Å². The Labute approximate surface area is 211 Å². The molecule has 0 saturated heterocycles. The molecular formula is C32H28N2O2.